The van der Waals surface area contributed by atoms with E-state index in [0.717, 1.165) is 25.6 Å². The standard InChI is InChI=1S/C19H35N5O/c1-14-6-7-17(18(8-14)24-13-20-12-22-24)21-11-19(4,5)23-9-15(2)25-16(3)10-23/h12-18,21H,6-11H2,1-5H3. The maximum atomic E-state index is 5.90. The smallest absolute Gasteiger partial charge is 0.137 e. The van der Waals surface area contributed by atoms with Crippen LogP contribution < -0.4 is 5.32 Å². The van der Waals surface area contributed by atoms with Gasteiger partial charge in [0.25, 0.3) is 0 Å². The predicted octanol–water partition coefficient (Wildman–Crippen LogP) is 2.49. The van der Waals surface area contributed by atoms with Crippen LogP contribution in [0, 0.1) is 5.92 Å². The maximum absolute atomic E-state index is 5.90. The molecule has 1 saturated heterocycles. The normalized spacial score (nSPS) is 35.0. The fraction of sp³-hybridized carbons (Fsp3) is 0.895. The molecular weight excluding hydrogens is 314 g/mol. The van der Waals surface area contributed by atoms with E-state index >= 15 is 0 Å². The van der Waals surface area contributed by atoms with Crippen molar-refractivity contribution in [3.8, 4) is 0 Å². The van der Waals surface area contributed by atoms with E-state index in [0.29, 0.717) is 24.3 Å². The third-order valence-electron chi connectivity index (χ3n) is 5.93. The monoisotopic (exact) mass is 349 g/mol. The number of hydrogen-bond donors (Lipinski definition) is 1. The van der Waals surface area contributed by atoms with E-state index in [1.165, 1.54) is 19.3 Å². The van der Waals surface area contributed by atoms with E-state index in [9.17, 15) is 0 Å². The molecule has 3 rings (SSSR count). The van der Waals surface area contributed by atoms with E-state index in [1.54, 1.807) is 6.33 Å². The molecule has 0 aromatic carbocycles. The Bertz CT molecular complexity index is 522. The number of morpholine rings is 1. The van der Waals surface area contributed by atoms with Gasteiger partial charge in [0.1, 0.15) is 12.7 Å². The van der Waals surface area contributed by atoms with Crippen LogP contribution in [0.1, 0.15) is 59.9 Å². The van der Waals surface area contributed by atoms with Crippen LogP contribution in [0.5, 0.6) is 0 Å². The second-order valence-corrected chi connectivity index (χ2v) is 8.82. The van der Waals surface area contributed by atoms with E-state index in [2.05, 4.69) is 59.6 Å². The van der Waals surface area contributed by atoms with Gasteiger partial charge in [0.05, 0.1) is 18.2 Å². The molecule has 0 spiro atoms. The molecule has 1 N–H and O–H groups in total. The number of ether oxygens (including phenoxy) is 1. The minimum atomic E-state index is 0.113. The minimum absolute atomic E-state index is 0.113. The van der Waals surface area contributed by atoms with Crippen molar-refractivity contribution in [2.24, 2.45) is 5.92 Å². The van der Waals surface area contributed by atoms with Gasteiger partial charge in [0.2, 0.25) is 0 Å². The molecule has 0 bridgehead atoms. The first-order valence-corrected chi connectivity index (χ1v) is 9.83. The lowest BCUT2D eigenvalue weighted by atomic mass is 9.83. The highest BCUT2D eigenvalue weighted by atomic mass is 16.5. The quantitative estimate of drug-likeness (QED) is 0.885. The molecule has 2 fully saturated rings. The molecular formula is C19H35N5O. The molecule has 1 aromatic heterocycles. The summed E-state index contributed by atoms with van der Waals surface area (Å²) in [4.78, 5) is 6.74. The third kappa shape index (κ3) is 4.60. The van der Waals surface area contributed by atoms with Crippen LogP contribution in [0.25, 0.3) is 0 Å². The fourth-order valence-electron chi connectivity index (χ4n) is 4.43. The maximum Gasteiger partial charge on any atom is 0.137 e. The van der Waals surface area contributed by atoms with E-state index < -0.39 is 0 Å². The van der Waals surface area contributed by atoms with Gasteiger partial charge < -0.3 is 10.1 Å². The highest BCUT2D eigenvalue weighted by molar-refractivity contribution is 4.93. The van der Waals surface area contributed by atoms with Crippen molar-refractivity contribution in [1.29, 1.82) is 0 Å². The van der Waals surface area contributed by atoms with Gasteiger partial charge in [0, 0.05) is 31.2 Å². The van der Waals surface area contributed by atoms with Crippen molar-refractivity contribution in [1.82, 2.24) is 25.0 Å². The molecule has 1 aliphatic heterocycles. The molecule has 25 heavy (non-hydrogen) atoms. The molecule has 1 saturated carbocycles. The lowest BCUT2D eigenvalue weighted by molar-refractivity contribution is -0.0958. The lowest BCUT2D eigenvalue weighted by Gasteiger charge is -2.46. The second kappa shape index (κ2) is 7.72. The number of rotatable bonds is 5. The Morgan fingerprint density at radius 3 is 2.52 bits per heavy atom. The number of nitrogens with one attached hydrogen (secondary N) is 1. The summed E-state index contributed by atoms with van der Waals surface area (Å²) in [5, 5.41) is 8.29. The Labute approximate surface area is 152 Å². The van der Waals surface area contributed by atoms with Crippen LogP contribution in [0.3, 0.4) is 0 Å². The first kappa shape index (κ1) is 18.8. The highest BCUT2D eigenvalue weighted by Crippen LogP contribution is 2.32. The molecule has 1 aliphatic carbocycles. The topological polar surface area (TPSA) is 55.2 Å². The van der Waals surface area contributed by atoms with Crippen molar-refractivity contribution < 1.29 is 4.74 Å². The number of hydrogen-bond acceptors (Lipinski definition) is 5. The molecule has 1 aromatic rings. The molecule has 2 aliphatic rings. The average molecular weight is 350 g/mol. The number of nitrogens with zero attached hydrogens (tertiary/aromatic N) is 4. The van der Waals surface area contributed by atoms with Gasteiger partial charge in [-0.15, -0.1) is 0 Å². The largest absolute Gasteiger partial charge is 0.373 e. The van der Waals surface area contributed by atoms with Crippen molar-refractivity contribution in [2.45, 2.75) is 83.7 Å². The molecule has 6 nitrogen and oxygen atoms in total. The van der Waals surface area contributed by atoms with Crippen molar-refractivity contribution in [3.63, 3.8) is 0 Å². The summed E-state index contributed by atoms with van der Waals surface area (Å²) in [5.41, 5.74) is 0.113. The van der Waals surface area contributed by atoms with Gasteiger partial charge in [0.15, 0.2) is 0 Å². The minimum Gasteiger partial charge on any atom is -0.373 e. The molecule has 5 unspecified atom stereocenters. The van der Waals surface area contributed by atoms with E-state index in [4.69, 9.17) is 4.74 Å². The van der Waals surface area contributed by atoms with Gasteiger partial charge in [-0.1, -0.05) is 6.92 Å². The number of aromatic nitrogens is 3. The van der Waals surface area contributed by atoms with Gasteiger partial charge in [-0.05, 0) is 52.9 Å². The van der Waals surface area contributed by atoms with Crippen molar-refractivity contribution >= 4 is 0 Å². The van der Waals surface area contributed by atoms with Gasteiger partial charge >= 0.3 is 0 Å². The molecule has 142 valence electrons. The first-order chi connectivity index (χ1) is 11.8. The summed E-state index contributed by atoms with van der Waals surface area (Å²) < 4.78 is 7.96. The average Bonchev–Trinajstić information content (AvgIpc) is 3.07. The summed E-state index contributed by atoms with van der Waals surface area (Å²) in [6.07, 6.45) is 7.80. The summed E-state index contributed by atoms with van der Waals surface area (Å²) in [6.45, 7) is 14.4. The molecule has 6 heteroatoms. The Morgan fingerprint density at radius 1 is 1.16 bits per heavy atom. The predicted molar refractivity (Wildman–Crippen MR) is 99.5 cm³/mol. The van der Waals surface area contributed by atoms with Crippen molar-refractivity contribution in [2.75, 3.05) is 19.6 Å². The molecule has 2 heterocycles. The van der Waals surface area contributed by atoms with E-state index in [1.807, 2.05) is 6.33 Å². The molecule has 0 amide bonds. The lowest BCUT2D eigenvalue weighted by Crippen LogP contribution is -2.59. The Balaban J connectivity index is 1.62. The Hall–Kier alpha value is -0.980. The third-order valence-corrected chi connectivity index (χ3v) is 5.93. The first-order valence-electron chi connectivity index (χ1n) is 9.83. The van der Waals surface area contributed by atoms with Crippen LogP contribution in [0.2, 0.25) is 0 Å². The SMILES string of the molecule is CC1CCC(NCC(C)(C)N2CC(C)OC(C)C2)C(n2cncn2)C1. The van der Waals surface area contributed by atoms with Crippen molar-refractivity contribution in [3.05, 3.63) is 12.7 Å². The van der Waals surface area contributed by atoms with Gasteiger partial charge in [-0.25, -0.2) is 9.67 Å². The van der Waals surface area contributed by atoms with Crippen LogP contribution in [0.4, 0.5) is 0 Å². The fourth-order valence-corrected chi connectivity index (χ4v) is 4.43. The van der Waals surface area contributed by atoms with Crippen LogP contribution >= 0.6 is 0 Å². The second-order valence-electron chi connectivity index (χ2n) is 8.82. The zero-order valence-corrected chi connectivity index (χ0v) is 16.5. The zero-order valence-electron chi connectivity index (χ0n) is 16.5. The Kier molecular flexibility index (Phi) is 5.81. The molecule has 5 atom stereocenters. The summed E-state index contributed by atoms with van der Waals surface area (Å²) >= 11 is 0. The van der Waals surface area contributed by atoms with Crippen LogP contribution in [-0.2, 0) is 4.74 Å². The van der Waals surface area contributed by atoms with Crippen LogP contribution in [-0.4, -0.2) is 63.1 Å². The highest BCUT2D eigenvalue weighted by Gasteiger charge is 2.36. The molecule has 0 radical (unpaired) electrons. The zero-order chi connectivity index (χ0) is 18.0. The summed E-state index contributed by atoms with van der Waals surface area (Å²) in [5.74, 6) is 0.751. The van der Waals surface area contributed by atoms with Crippen LogP contribution in [0.15, 0.2) is 12.7 Å². The Morgan fingerprint density at radius 2 is 1.88 bits per heavy atom. The van der Waals surface area contributed by atoms with E-state index in [-0.39, 0.29) is 5.54 Å². The summed E-state index contributed by atoms with van der Waals surface area (Å²) in [6, 6.07) is 0.873. The van der Waals surface area contributed by atoms with Gasteiger partial charge in [-0.3, -0.25) is 4.90 Å². The van der Waals surface area contributed by atoms with Gasteiger partial charge in [-0.2, -0.15) is 5.10 Å². The summed E-state index contributed by atoms with van der Waals surface area (Å²) in [7, 11) is 0.